The molecule has 0 unspecified atom stereocenters. The van der Waals surface area contributed by atoms with Crippen molar-refractivity contribution in [2.24, 2.45) is 4.99 Å². The average Bonchev–Trinajstić information content (AvgIpc) is 2.97. The van der Waals surface area contributed by atoms with Gasteiger partial charge in [0.1, 0.15) is 5.84 Å². The molecule has 0 saturated carbocycles. The van der Waals surface area contributed by atoms with Gasteiger partial charge in [0, 0.05) is 18.3 Å². The molecule has 0 aliphatic carbocycles. The second-order valence-corrected chi connectivity index (χ2v) is 6.50. The van der Waals surface area contributed by atoms with E-state index in [9.17, 15) is 0 Å². The molecule has 1 N–H and O–H groups in total. The Labute approximate surface area is 126 Å². The van der Waals surface area contributed by atoms with Gasteiger partial charge in [-0.15, -0.1) is 0 Å². The van der Waals surface area contributed by atoms with E-state index in [-0.39, 0.29) is 18.3 Å². The summed E-state index contributed by atoms with van der Waals surface area (Å²) >= 11 is 0. The SMILES string of the molecule is CC1(C)OB(c2cccc(NC3=NC=CC3)c2)OC1(C)C. The zero-order chi connectivity index (χ0) is 15.1. The molecule has 2 aliphatic heterocycles. The summed E-state index contributed by atoms with van der Waals surface area (Å²) in [5.74, 6) is 0.959. The number of hydrogen-bond acceptors (Lipinski definition) is 4. The van der Waals surface area contributed by atoms with Crippen molar-refractivity contribution in [3.8, 4) is 0 Å². The van der Waals surface area contributed by atoms with Gasteiger partial charge in [-0.25, -0.2) is 4.99 Å². The van der Waals surface area contributed by atoms with Crippen molar-refractivity contribution in [2.45, 2.75) is 45.3 Å². The smallest absolute Gasteiger partial charge is 0.399 e. The fraction of sp³-hybridized carbons (Fsp3) is 0.438. The van der Waals surface area contributed by atoms with Gasteiger partial charge in [0.15, 0.2) is 0 Å². The van der Waals surface area contributed by atoms with Crippen LogP contribution in [0.3, 0.4) is 0 Å². The average molecular weight is 284 g/mol. The summed E-state index contributed by atoms with van der Waals surface area (Å²) in [6.45, 7) is 8.25. The van der Waals surface area contributed by atoms with Gasteiger partial charge in [-0.2, -0.15) is 0 Å². The van der Waals surface area contributed by atoms with E-state index in [1.165, 1.54) is 0 Å². The first kappa shape index (κ1) is 14.4. The summed E-state index contributed by atoms with van der Waals surface area (Å²) in [5, 5.41) is 3.32. The van der Waals surface area contributed by atoms with E-state index in [0.717, 1.165) is 23.4 Å². The Morgan fingerprint density at radius 1 is 1.14 bits per heavy atom. The minimum atomic E-state index is -0.333. The first-order valence-electron chi connectivity index (χ1n) is 7.32. The summed E-state index contributed by atoms with van der Waals surface area (Å²) in [5.41, 5.74) is 1.39. The summed E-state index contributed by atoms with van der Waals surface area (Å²) in [6, 6.07) is 8.12. The van der Waals surface area contributed by atoms with Crippen LogP contribution in [0.4, 0.5) is 5.69 Å². The Balaban J connectivity index is 1.78. The molecule has 0 radical (unpaired) electrons. The zero-order valence-electron chi connectivity index (χ0n) is 13.0. The van der Waals surface area contributed by atoms with Crippen LogP contribution in [-0.2, 0) is 9.31 Å². The van der Waals surface area contributed by atoms with E-state index in [1.807, 2.05) is 30.5 Å². The quantitative estimate of drug-likeness (QED) is 0.849. The van der Waals surface area contributed by atoms with Crippen LogP contribution in [0.1, 0.15) is 34.1 Å². The first-order valence-corrected chi connectivity index (χ1v) is 7.32. The van der Waals surface area contributed by atoms with Crippen molar-refractivity contribution in [3.05, 3.63) is 36.5 Å². The molecule has 0 atom stereocenters. The van der Waals surface area contributed by atoms with Gasteiger partial charge >= 0.3 is 7.12 Å². The Morgan fingerprint density at radius 2 is 1.86 bits per heavy atom. The molecule has 1 fully saturated rings. The Hall–Kier alpha value is -1.59. The van der Waals surface area contributed by atoms with Gasteiger partial charge in [-0.3, -0.25) is 0 Å². The monoisotopic (exact) mass is 284 g/mol. The van der Waals surface area contributed by atoms with Crippen molar-refractivity contribution >= 4 is 24.1 Å². The normalized spacial score (nSPS) is 22.5. The molecular formula is C16H21BN2O2. The summed E-state index contributed by atoms with van der Waals surface area (Å²) < 4.78 is 12.2. The van der Waals surface area contributed by atoms with Crippen LogP contribution in [0.5, 0.6) is 0 Å². The number of aliphatic imine (C=N–C) groups is 1. The third-order valence-corrected chi connectivity index (χ3v) is 4.35. The molecule has 0 spiro atoms. The highest BCUT2D eigenvalue weighted by atomic mass is 16.7. The van der Waals surface area contributed by atoms with E-state index in [0.29, 0.717) is 0 Å². The van der Waals surface area contributed by atoms with E-state index in [2.05, 4.69) is 44.1 Å². The number of benzene rings is 1. The summed E-state index contributed by atoms with van der Waals surface area (Å²) in [7, 11) is -0.333. The van der Waals surface area contributed by atoms with E-state index in [1.54, 1.807) is 0 Å². The van der Waals surface area contributed by atoms with Gasteiger partial charge in [-0.1, -0.05) is 18.2 Å². The van der Waals surface area contributed by atoms with E-state index in [4.69, 9.17) is 9.31 Å². The van der Waals surface area contributed by atoms with Crippen molar-refractivity contribution in [1.82, 2.24) is 0 Å². The van der Waals surface area contributed by atoms with Crippen molar-refractivity contribution in [1.29, 1.82) is 0 Å². The number of anilines is 1. The lowest BCUT2D eigenvalue weighted by Gasteiger charge is -2.32. The van der Waals surface area contributed by atoms with Crippen molar-refractivity contribution in [3.63, 3.8) is 0 Å². The largest absolute Gasteiger partial charge is 0.494 e. The molecule has 2 heterocycles. The predicted octanol–water partition coefficient (Wildman–Crippen LogP) is 2.71. The second kappa shape index (κ2) is 5.00. The molecular weight excluding hydrogens is 263 g/mol. The van der Waals surface area contributed by atoms with E-state index < -0.39 is 0 Å². The van der Waals surface area contributed by atoms with Crippen LogP contribution < -0.4 is 10.8 Å². The molecule has 5 heteroatoms. The van der Waals surface area contributed by atoms with Crippen molar-refractivity contribution < 1.29 is 9.31 Å². The van der Waals surface area contributed by atoms with Gasteiger partial charge in [0.2, 0.25) is 0 Å². The standard InChI is InChI=1S/C16H21BN2O2/c1-15(2)16(3,4)21-17(20-15)12-7-5-8-13(11-12)19-14-9-6-10-18-14/h5-8,10-11H,9H2,1-4H3,(H,18,19). The molecule has 4 nitrogen and oxygen atoms in total. The number of rotatable bonds is 2. The lowest BCUT2D eigenvalue weighted by molar-refractivity contribution is 0.00578. The maximum absolute atomic E-state index is 6.08. The topological polar surface area (TPSA) is 42.8 Å². The first-order chi connectivity index (χ1) is 9.87. The maximum atomic E-state index is 6.08. The predicted molar refractivity (Wildman–Crippen MR) is 87.0 cm³/mol. The minimum Gasteiger partial charge on any atom is -0.399 e. The molecule has 0 bridgehead atoms. The van der Waals surface area contributed by atoms with Crippen LogP contribution in [0, 0.1) is 0 Å². The zero-order valence-corrected chi connectivity index (χ0v) is 13.0. The Bertz CT molecular complexity index is 592. The molecule has 1 saturated heterocycles. The molecule has 21 heavy (non-hydrogen) atoms. The minimum absolute atomic E-state index is 0.319. The highest BCUT2D eigenvalue weighted by Crippen LogP contribution is 2.36. The van der Waals surface area contributed by atoms with Gasteiger partial charge in [0.25, 0.3) is 0 Å². The second-order valence-electron chi connectivity index (χ2n) is 6.50. The Kier molecular flexibility index (Phi) is 3.42. The number of amidine groups is 1. The Morgan fingerprint density at radius 3 is 2.48 bits per heavy atom. The molecule has 110 valence electrons. The lowest BCUT2D eigenvalue weighted by Crippen LogP contribution is -2.41. The van der Waals surface area contributed by atoms with Gasteiger partial charge in [-0.05, 0) is 45.3 Å². The highest BCUT2D eigenvalue weighted by molar-refractivity contribution is 6.62. The fourth-order valence-electron chi connectivity index (χ4n) is 2.35. The van der Waals surface area contributed by atoms with Crippen LogP contribution in [0.15, 0.2) is 41.5 Å². The van der Waals surface area contributed by atoms with Crippen LogP contribution in [-0.4, -0.2) is 24.2 Å². The van der Waals surface area contributed by atoms with Crippen LogP contribution in [0.25, 0.3) is 0 Å². The number of nitrogens with one attached hydrogen (secondary N) is 1. The third kappa shape index (κ3) is 2.76. The molecule has 0 amide bonds. The van der Waals surface area contributed by atoms with Gasteiger partial charge < -0.3 is 14.6 Å². The molecule has 2 aliphatic rings. The maximum Gasteiger partial charge on any atom is 0.494 e. The van der Waals surface area contributed by atoms with Crippen LogP contribution in [0.2, 0.25) is 0 Å². The number of nitrogens with zero attached hydrogens (tertiary/aromatic N) is 1. The summed E-state index contributed by atoms with van der Waals surface area (Å²) in [4.78, 5) is 4.27. The molecule has 1 aromatic rings. The van der Waals surface area contributed by atoms with E-state index >= 15 is 0 Å². The molecule has 3 rings (SSSR count). The van der Waals surface area contributed by atoms with Crippen molar-refractivity contribution in [2.75, 3.05) is 5.32 Å². The third-order valence-electron chi connectivity index (χ3n) is 4.35. The van der Waals surface area contributed by atoms with Gasteiger partial charge in [0.05, 0.1) is 11.2 Å². The van der Waals surface area contributed by atoms with Crippen LogP contribution >= 0.6 is 0 Å². The summed E-state index contributed by atoms with van der Waals surface area (Å²) in [6.07, 6.45) is 4.70. The number of hydrogen-bond donors (Lipinski definition) is 1. The lowest BCUT2D eigenvalue weighted by atomic mass is 9.79. The fourth-order valence-corrected chi connectivity index (χ4v) is 2.35. The molecule has 0 aromatic heterocycles. The molecule has 1 aromatic carbocycles. The highest BCUT2D eigenvalue weighted by Gasteiger charge is 2.51.